The van der Waals surface area contributed by atoms with E-state index in [-0.39, 0.29) is 16.7 Å². The summed E-state index contributed by atoms with van der Waals surface area (Å²) in [6.07, 6.45) is 2.10. The molecule has 1 N–H and O–H groups in total. The van der Waals surface area contributed by atoms with Crippen molar-refractivity contribution >= 4 is 12.0 Å². The predicted octanol–water partition coefficient (Wildman–Crippen LogP) is 2.99. The average molecular weight is 273 g/mol. The summed E-state index contributed by atoms with van der Waals surface area (Å²) in [5.74, 6) is 0.396. The number of hydrogen-bond acceptors (Lipinski definition) is 3. The lowest BCUT2D eigenvalue weighted by molar-refractivity contribution is -0.112. The fourth-order valence-electron chi connectivity index (χ4n) is 3.81. The second kappa shape index (κ2) is 4.00. The van der Waals surface area contributed by atoms with Crippen molar-refractivity contribution in [2.75, 3.05) is 18.0 Å². The molecule has 0 bridgehead atoms. The lowest BCUT2D eigenvalue weighted by Crippen LogP contribution is -2.50. The summed E-state index contributed by atoms with van der Waals surface area (Å²) in [7, 11) is 0. The van der Waals surface area contributed by atoms with Crippen LogP contribution in [0.15, 0.2) is 12.1 Å². The van der Waals surface area contributed by atoms with Crippen molar-refractivity contribution in [1.29, 1.82) is 0 Å². The van der Waals surface area contributed by atoms with Crippen molar-refractivity contribution in [3.05, 3.63) is 23.3 Å². The van der Waals surface area contributed by atoms with Gasteiger partial charge < -0.3 is 14.8 Å². The van der Waals surface area contributed by atoms with E-state index in [4.69, 9.17) is 0 Å². The number of benzene rings is 1. The smallest absolute Gasteiger partial charge is 0.125 e. The molecule has 1 unspecified atom stereocenters. The third-order valence-electron chi connectivity index (χ3n) is 5.36. The highest BCUT2D eigenvalue weighted by Gasteiger charge is 2.45. The zero-order valence-corrected chi connectivity index (χ0v) is 12.7. The fraction of sp³-hybridized carbons (Fsp3) is 0.588. The van der Waals surface area contributed by atoms with Crippen LogP contribution < -0.4 is 4.90 Å². The summed E-state index contributed by atoms with van der Waals surface area (Å²) in [4.78, 5) is 13.8. The van der Waals surface area contributed by atoms with Crippen LogP contribution in [0.2, 0.25) is 0 Å². The Hall–Kier alpha value is -1.51. The van der Waals surface area contributed by atoms with E-state index in [1.54, 1.807) is 6.07 Å². The third kappa shape index (κ3) is 1.62. The highest BCUT2D eigenvalue weighted by atomic mass is 16.3. The Morgan fingerprint density at radius 3 is 2.65 bits per heavy atom. The molecule has 0 amide bonds. The van der Waals surface area contributed by atoms with Crippen molar-refractivity contribution in [2.45, 2.75) is 44.9 Å². The van der Waals surface area contributed by atoms with Crippen LogP contribution in [0.5, 0.6) is 5.75 Å². The van der Waals surface area contributed by atoms with Crippen LogP contribution in [-0.2, 0) is 15.6 Å². The Morgan fingerprint density at radius 2 is 2.00 bits per heavy atom. The van der Waals surface area contributed by atoms with Gasteiger partial charge in [-0.25, -0.2) is 0 Å². The normalized spacial score (nSPS) is 26.0. The molecule has 108 valence electrons. The molecule has 1 aromatic rings. The molecule has 0 saturated heterocycles. The highest BCUT2D eigenvalue weighted by Crippen LogP contribution is 2.52. The first-order valence-electron chi connectivity index (χ1n) is 7.36. The van der Waals surface area contributed by atoms with E-state index in [1.165, 1.54) is 11.3 Å². The van der Waals surface area contributed by atoms with Gasteiger partial charge in [0.05, 0.1) is 0 Å². The number of hydrogen-bond donors (Lipinski definition) is 1. The molecule has 3 heteroatoms. The van der Waals surface area contributed by atoms with Crippen molar-refractivity contribution < 1.29 is 9.90 Å². The number of carbonyl (C=O) groups is 1. The monoisotopic (exact) mass is 273 g/mol. The highest BCUT2D eigenvalue weighted by molar-refractivity contribution is 5.75. The van der Waals surface area contributed by atoms with Gasteiger partial charge in [0.1, 0.15) is 12.0 Å². The standard InChI is InChI=1S/C17H23NO2/c1-16(2)7-8-18-9-11(10-19)17(3,4)12-5-6-13(20)14(16)15(12)18/h5-6,10-11,20H,7-9H2,1-4H3. The van der Waals surface area contributed by atoms with Gasteiger partial charge in [0, 0.05) is 35.7 Å². The van der Waals surface area contributed by atoms with E-state index < -0.39 is 0 Å². The van der Waals surface area contributed by atoms with Crippen molar-refractivity contribution in [1.82, 2.24) is 0 Å². The van der Waals surface area contributed by atoms with Gasteiger partial charge in [0.2, 0.25) is 0 Å². The summed E-state index contributed by atoms with van der Waals surface area (Å²) >= 11 is 0. The predicted molar refractivity (Wildman–Crippen MR) is 80.5 cm³/mol. The Bertz CT molecular complexity index is 575. The molecule has 0 aliphatic carbocycles. The molecule has 3 rings (SSSR count). The molecule has 2 aliphatic rings. The first-order chi connectivity index (χ1) is 9.29. The molecule has 2 aliphatic heterocycles. The third-order valence-corrected chi connectivity index (χ3v) is 5.36. The minimum absolute atomic E-state index is 0.00797. The van der Waals surface area contributed by atoms with Crippen LogP contribution in [0.1, 0.15) is 45.2 Å². The zero-order chi connectivity index (χ0) is 14.7. The Morgan fingerprint density at radius 1 is 1.30 bits per heavy atom. The maximum Gasteiger partial charge on any atom is 0.125 e. The Kier molecular flexibility index (Phi) is 2.69. The zero-order valence-electron chi connectivity index (χ0n) is 12.7. The van der Waals surface area contributed by atoms with Gasteiger partial charge in [-0.1, -0.05) is 33.8 Å². The van der Waals surface area contributed by atoms with E-state index in [2.05, 4.69) is 32.6 Å². The minimum atomic E-state index is -0.177. The molecular weight excluding hydrogens is 250 g/mol. The van der Waals surface area contributed by atoms with Gasteiger partial charge in [-0.05, 0) is 23.5 Å². The van der Waals surface area contributed by atoms with E-state index in [0.717, 1.165) is 31.4 Å². The Labute approximate surface area is 120 Å². The molecule has 0 fully saturated rings. The second-order valence-corrected chi connectivity index (χ2v) is 7.40. The van der Waals surface area contributed by atoms with Gasteiger partial charge in [-0.3, -0.25) is 0 Å². The molecule has 0 spiro atoms. The topological polar surface area (TPSA) is 40.5 Å². The molecule has 2 heterocycles. The van der Waals surface area contributed by atoms with Crippen LogP contribution in [0.25, 0.3) is 0 Å². The second-order valence-electron chi connectivity index (χ2n) is 7.40. The fourth-order valence-corrected chi connectivity index (χ4v) is 3.81. The number of aldehydes is 1. The van der Waals surface area contributed by atoms with Crippen molar-refractivity contribution in [3.63, 3.8) is 0 Å². The summed E-state index contributed by atoms with van der Waals surface area (Å²) in [5, 5.41) is 10.4. The number of aromatic hydroxyl groups is 1. The molecule has 1 aromatic carbocycles. The van der Waals surface area contributed by atoms with Crippen LogP contribution in [0.4, 0.5) is 5.69 Å². The van der Waals surface area contributed by atoms with Gasteiger partial charge in [0.25, 0.3) is 0 Å². The van der Waals surface area contributed by atoms with E-state index in [0.29, 0.717) is 5.75 Å². The number of rotatable bonds is 1. The first kappa shape index (κ1) is 13.5. The quantitative estimate of drug-likeness (QED) is 0.800. The van der Waals surface area contributed by atoms with Crippen LogP contribution in [0.3, 0.4) is 0 Å². The summed E-state index contributed by atoms with van der Waals surface area (Å²) < 4.78 is 0. The van der Waals surface area contributed by atoms with Crippen LogP contribution in [0, 0.1) is 5.92 Å². The van der Waals surface area contributed by atoms with E-state index >= 15 is 0 Å². The maximum absolute atomic E-state index is 11.5. The van der Waals surface area contributed by atoms with Gasteiger partial charge >= 0.3 is 0 Å². The van der Waals surface area contributed by atoms with Crippen LogP contribution in [-0.4, -0.2) is 24.5 Å². The number of phenolic OH excluding ortho intramolecular Hbond substituents is 1. The lowest BCUT2D eigenvalue weighted by atomic mass is 9.66. The first-order valence-corrected chi connectivity index (χ1v) is 7.36. The SMILES string of the molecule is CC1(C)CCN2CC(C=O)C(C)(C)c3ccc(O)c1c32. The average Bonchev–Trinajstić information content (AvgIpc) is 2.36. The van der Waals surface area contributed by atoms with Crippen molar-refractivity contribution in [3.8, 4) is 5.75 Å². The molecular formula is C17H23NO2. The largest absolute Gasteiger partial charge is 0.508 e. The number of carbonyl (C=O) groups excluding carboxylic acids is 1. The molecule has 1 atom stereocenters. The number of anilines is 1. The summed E-state index contributed by atoms with van der Waals surface area (Å²) in [6, 6.07) is 3.80. The molecule has 3 nitrogen and oxygen atoms in total. The maximum atomic E-state index is 11.5. The molecule has 0 aromatic heterocycles. The Balaban J connectivity index is 2.31. The summed E-state index contributed by atoms with van der Waals surface area (Å²) in [6.45, 7) is 10.4. The van der Waals surface area contributed by atoms with E-state index in [1.807, 2.05) is 6.07 Å². The number of nitrogens with zero attached hydrogens (tertiary/aromatic N) is 1. The van der Waals surface area contributed by atoms with Gasteiger partial charge in [-0.15, -0.1) is 0 Å². The van der Waals surface area contributed by atoms with Crippen molar-refractivity contribution in [2.24, 2.45) is 5.92 Å². The van der Waals surface area contributed by atoms with Gasteiger partial charge in [0.15, 0.2) is 0 Å². The molecule has 0 saturated carbocycles. The molecule has 0 radical (unpaired) electrons. The minimum Gasteiger partial charge on any atom is -0.508 e. The van der Waals surface area contributed by atoms with Gasteiger partial charge in [-0.2, -0.15) is 0 Å². The molecule has 20 heavy (non-hydrogen) atoms. The summed E-state index contributed by atoms with van der Waals surface area (Å²) in [5.41, 5.74) is 3.23. The lowest BCUT2D eigenvalue weighted by Gasteiger charge is -2.50. The van der Waals surface area contributed by atoms with Crippen LogP contribution >= 0.6 is 0 Å². The van der Waals surface area contributed by atoms with E-state index in [9.17, 15) is 9.90 Å². The number of phenols is 1.